The Morgan fingerprint density at radius 2 is 2.10 bits per heavy atom. The van der Waals surface area contributed by atoms with Crippen molar-refractivity contribution in [3.05, 3.63) is 35.9 Å². The second-order valence-electron chi connectivity index (χ2n) is 7.85. The van der Waals surface area contributed by atoms with Crippen LogP contribution in [0.2, 0.25) is 0 Å². The summed E-state index contributed by atoms with van der Waals surface area (Å²) in [5, 5.41) is 17.1. The number of hydrogen-bond donors (Lipinski definition) is 3. The Morgan fingerprint density at radius 1 is 1.38 bits per heavy atom. The maximum Gasteiger partial charge on any atom is 0.268 e. The number of aliphatic hydroxyl groups excluding tert-OH is 1. The minimum Gasteiger partial charge on any atom is -0.391 e. The number of carbonyl (C=O) groups excluding carboxylic acids is 2. The van der Waals surface area contributed by atoms with Gasteiger partial charge in [-0.3, -0.25) is 19.3 Å². The van der Waals surface area contributed by atoms with Crippen LogP contribution < -0.4 is 10.6 Å². The second-order valence-corrected chi connectivity index (χ2v) is 7.85. The van der Waals surface area contributed by atoms with Crippen LogP contribution in [0.3, 0.4) is 0 Å². The van der Waals surface area contributed by atoms with E-state index < -0.39 is 17.7 Å². The van der Waals surface area contributed by atoms with Crippen LogP contribution in [0.15, 0.2) is 30.3 Å². The lowest BCUT2D eigenvalue weighted by molar-refractivity contribution is -0.243. The Balaban J connectivity index is 1.56. The smallest absolute Gasteiger partial charge is 0.268 e. The van der Waals surface area contributed by atoms with Crippen molar-refractivity contribution in [3.63, 3.8) is 0 Å². The molecule has 160 valence electrons. The van der Waals surface area contributed by atoms with E-state index in [2.05, 4.69) is 15.5 Å². The Hall–Kier alpha value is -2.00. The summed E-state index contributed by atoms with van der Waals surface area (Å²) in [7, 11) is 1.55. The molecule has 0 bridgehead atoms. The topological polar surface area (TPSA) is 94.1 Å². The van der Waals surface area contributed by atoms with Crippen molar-refractivity contribution in [1.29, 1.82) is 0 Å². The van der Waals surface area contributed by atoms with E-state index in [0.29, 0.717) is 19.7 Å². The van der Waals surface area contributed by atoms with E-state index >= 15 is 0 Å². The van der Waals surface area contributed by atoms with Gasteiger partial charge in [-0.25, -0.2) is 5.06 Å². The molecule has 2 unspecified atom stereocenters. The number of amides is 2. The van der Waals surface area contributed by atoms with Crippen molar-refractivity contribution in [2.45, 2.75) is 57.0 Å². The molecule has 1 aromatic rings. The fourth-order valence-corrected chi connectivity index (χ4v) is 4.48. The highest BCUT2D eigenvalue weighted by molar-refractivity contribution is 5.92. The van der Waals surface area contributed by atoms with Gasteiger partial charge in [0, 0.05) is 19.6 Å². The summed E-state index contributed by atoms with van der Waals surface area (Å²) in [5.74, 6) is -0.230. The summed E-state index contributed by atoms with van der Waals surface area (Å²) in [4.78, 5) is 32.9. The van der Waals surface area contributed by atoms with Gasteiger partial charge in [-0.15, -0.1) is 0 Å². The quantitative estimate of drug-likeness (QED) is 0.512. The average molecular weight is 405 g/mol. The third kappa shape index (κ3) is 4.30. The van der Waals surface area contributed by atoms with E-state index in [1.54, 1.807) is 14.0 Å². The molecule has 4 atom stereocenters. The van der Waals surface area contributed by atoms with Crippen LogP contribution >= 0.6 is 0 Å². The Bertz CT molecular complexity index is 714. The molecular weight excluding hydrogens is 372 g/mol. The van der Waals surface area contributed by atoms with E-state index in [1.807, 2.05) is 37.3 Å². The van der Waals surface area contributed by atoms with Crippen LogP contribution in [0.5, 0.6) is 0 Å². The molecule has 8 heteroatoms. The minimum atomic E-state index is -0.799. The van der Waals surface area contributed by atoms with Crippen LogP contribution in [-0.2, 0) is 21.0 Å². The van der Waals surface area contributed by atoms with Crippen molar-refractivity contribution in [1.82, 2.24) is 20.6 Å². The third-order valence-electron chi connectivity index (χ3n) is 6.07. The number of carbonyl (C=O) groups is 2. The first kappa shape index (κ1) is 21.7. The van der Waals surface area contributed by atoms with Gasteiger partial charge in [0.1, 0.15) is 18.2 Å². The summed E-state index contributed by atoms with van der Waals surface area (Å²) >= 11 is 0. The summed E-state index contributed by atoms with van der Waals surface area (Å²) < 4.78 is 0. The van der Waals surface area contributed by atoms with Crippen LogP contribution in [0.1, 0.15) is 32.3 Å². The van der Waals surface area contributed by atoms with Crippen LogP contribution in [0, 0.1) is 0 Å². The van der Waals surface area contributed by atoms with E-state index in [4.69, 9.17) is 4.84 Å². The van der Waals surface area contributed by atoms with Crippen molar-refractivity contribution in [3.8, 4) is 0 Å². The number of likely N-dealkylation sites (tertiary alicyclic amines) is 1. The van der Waals surface area contributed by atoms with E-state index in [1.165, 1.54) is 5.06 Å². The molecule has 1 spiro atoms. The van der Waals surface area contributed by atoms with E-state index in [9.17, 15) is 14.7 Å². The van der Waals surface area contributed by atoms with Crippen molar-refractivity contribution < 1.29 is 19.5 Å². The summed E-state index contributed by atoms with van der Waals surface area (Å²) in [6, 6.07) is 9.26. The maximum atomic E-state index is 13.0. The number of hydroxylamine groups is 2. The Labute approximate surface area is 172 Å². The maximum absolute atomic E-state index is 13.0. The molecule has 3 N–H and O–H groups in total. The monoisotopic (exact) mass is 404 g/mol. The zero-order valence-electron chi connectivity index (χ0n) is 17.4. The predicted octanol–water partition coefficient (Wildman–Crippen LogP) is 0.269. The largest absolute Gasteiger partial charge is 0.391 e. The number of likely N-dealkylation sites (N-methyl/N-ethyl adjacent to an activating group) is 2. The molecule has 2 aliphatic rings. The second kappa shape index (κ2) is 9.21. The van der Waals surface area contributed by atoms with Gasteiger partial charge in [0.25, 0.3) is 5.91 Å². The molecule has 2 saturated heterocycles. The van der Waals surface area contributed by atoms with Crippen LogP contribution in [0.25, 0.3) is 0 Å². The van der Waals surface area contributed by atoms with Crippen LogP contribution in [0.4, 0.5) is 0 Å². The lowest BCUT2D eigenvalue weighted by Gasteiger charge is -2.51. The van der Waals surface area contributed by atoms with Gasteiger partial charge >= 0.3 is 0 Å². The first-order valence-electron chi connectivity index (χ1n) is 10.3. The van der Waals surface area contributed by atoms with Gasteiger partial charge in [-0.2, -0.15) is 0 Å². The van der Waals surface area contributed by atoms with Gasteiger partial charge in [-0.05, 0) is 31.9 Å². The minimum absolute atomic E-state index is 0.0103. The molecule has 2 fully saturated rings. The molecule has 0 aromatic heterocycles. The zero-order chi connectivity index (χ0) is 21.0. The lowest BCUT2D eigenvalue weighted by atomic mass is 9.87. The van der Waals surface area contributed by atoms with E-state index in [0.717, 1.165) is 24.9 Å². The summed E-state index contributed by atoms with van der Waals surface area (Å²) in [6.45, 7) is 5.85. The summed E-state index contributed by atoms with van der Waals surface area (Å²) in [6.07, 6.45) is 0.836. The molecular formula is C21H32N4O4. The van der Waals surface area contributed by atoms with Gasteiger partial charge in [-0.1, -0.05) is 37.3 Å². The first-order valence-corrected chi connectivity index (χ1v) is 10.3. The van der Waals surface area contributed by atoms with Crippen molar-refractivity contribution in [2.75, 3.05) is 26.7 Å². The van der Waals surface area contributed by atoms with Gasteiger partial charge in [0.2, 0.25) is 5.91 Å². The molecule has 2 aliphatic heterocycles. The molecule has 8 nitrogen and oxygen atoms in total. The third-order valence-corrected chi connectivity index (χ3v) is 6.07. The fraction of sp³-hybridized carbons (Fsp3) is 0.619. The Kier molecular flexibility index (Phi) is 6.89. The molecule has 2 amide bonds. The standard InChI is InChI=1S/C21H32N4O4/c1-4-24-17(12-23-18(15(2)26)19(27)22-3)10-11-21(24)14-25(20(21)28)29-13-16-8-6-5-7-9-16/h5-9,15,17-18,23,26H,4,10-14H2,1-3H3,(H,22,27)/t15-,17?,18+,21?/m1/s1. The fourth-order valence-electron chi connectivity index (χ4n) is 4.48. The molecule has 2 heterocycles. The molecule has 0 radical (unpaired) electrons. The van der Waals surface area contributed by atoms with Gasteiger partial charge < -0.3 is 15.7 Å². The summed E-state index contributed by atoms with van der Waals surface area (Å²) in [5.41, 5.74) is 0.519. The predicted molar refractivity (Wildman–Crippen MR) is 109 cm³/mol. The van der Waals surface area contributed by atoms with Gasteiger partial charge in [0.05, 0.1) is 12.6 Å². The highest BCUT2D eigenvalue weighted by Gasteiger charge is 2.61. The lowest BCUT2D eigenvalue weighted by Crippen LogP contribution is -2.72. The molecule has 1 aromatic carbocycles. The van der Waals surface area contributed by atoms with Crippen LogP contribution in [-0.4, -0.2) is 77.3 Å². The number of benzene rings is 1. The number of nitrogens with one attached hydrogen (secondary N) is 2. The Morgan fingerprint density at radius 3 is 2.69 bits per heavy atom. The molecule has 0 saturated carbocycles. The number of β-lactam (4-membered cyclic amide) rings is 1. The molecule has 3 rings (SSSR count). The van der Waals surface area contributed by atoms with E-state index in [-0.39, 0.29) is 17.9 Å². The normalized spacial score (nSPS) is 26.4. The average Bonchev–Trinajstić information content (AvgIpc) is 3.11. The SMILES string of the molecule is CCN1C(CN[C@H](C(=O)NC)[C@@H](C)O)CCC12CN(OCc1ccccc1)C2=O. The number of nitrogens with zero attached hydrogens (tertiary/aromatic N) is 2. The van der Waals surface area contributed by atoms with Crippen molar-refractivity contribution >= 4 is 11.8 Å². The molecule has 0 aliphatic carbocycles. The highest BCUT2D eigenvalue weighted by atomic mass is 16.7. The van der Waals surface area contributed by atoms with Crippen molar-refractivity contribution in [2.24, 2.45) is 0 Å². The highest BCUT2D eigenvalue weighted by Crippen LogP contribution is 2.42. The molecule has 29 heavy (non-hydrogen) atoms. The number of aliphatic hydroxyl groups is 1. The first-order chi connectivity index (χ1) is 13.9. The number of hydrogen-bond acceptors (Lipinski definition) is 6. The van der Waals surface area contributed by atoms with Gasteiger partial charge in [0.15, 0.2) is 0 Å². The number of rotatable bonds is 9. The zero-order valence-corrected chi connectivity index (χ0v) is 17.4.